The van der Waals surface area contributed by atoms with E-state index in [0.29, 0.717) is 23.3 Å². The van der Waals surface area contributed by atoms with Gasteiger partial charge in [0, 0.05) is 36.4 Å². The maximum atomic E-state index is 12.8. The van der Waals surface area contributed by atoms with Crippen molar-refractivity contribution >= 4 is 32.6 Å². The average Bonchev–Trinajstić information content (AvgIpc) is 3.78. The second-order valence-electron chi connectivity index (χ2n) is 9.71. The Bertz CT molecular complexity index is 1540. The van der Waals surface area contributed by atoms with Gasteiger partial charge >= 0.3 is 0 Å². The van der Waals surface area contributed by atoms with Crippen LogP contribution in [0.25, 0.3) is 22.3 Å². The van der Waals surface area contributed by atoms with Gasteiger partial charge in [-0.05, 0) is 74.5 Å². The van der Waals surface area contributed by atoms with Crippen LogP contribution < -0.4 is 14.9 Å². The van der Waals surface area contributed by atoms with Gasteiger partial charge in [0.05, 0.1) is 16.6 Å². The molecule has 10 heteroatoms. The second-order valence-corrected chi connectivity index (χ2v) is 11.4. The summed E-state index contributed by atoms with van der Waals surface area (Å²) >= 11 is 0. The number of sulfonamides is 1. The molecule has 2 fully saturated rings. The number of aromatic nitrogens is 4. The van der Waals surface area contributed by atoms with Crippen molar-refractivity contribution in [2.75, 3.05) is 29.8 Å². The molecule has 1 aromatic carbocycles. The summed E-state index contributed by atoms with van der Waals surface area (Å²) in [7, 11) is -1.65. The molecule has 2 aliphatic rings. The van der Waals surface area contributed by atoms with Crippen LogP contribution in [-0.4, -0.2) is 54.5 Å². The number of hydrogen-bond donors (Lipinski definition) is 2. The number of piperidine rings is 1. The summed E-state index contributed by atoms with van der Waals surface area (Å²) in [6, 6.07) is 12.1. The van der Waals surface area contributed by atoms with Crippen molar-refractivity contribution in [2.24, 2.45) is 0 Å². The van der Waals surface area contributed by atoms with Gasteiger partial charge in [-0.15, -0.1) is 0 Å². The number of nitrogens with zero attached hydrogens (tertiary/aromatic N) is 5. The van der Waals surface area contributed by atoms with Crippen LogP contribution in [0.3, 0.4) is 0 Å². The summed E-state index contributed by atoms with van der Waals surface area (Å²) in [5, 5.41) is 4.51. The minimum absolute atomic E-state index is 0.175. The lowest BCUT2D eigenvalue weighted by Crippen LogP contribution is -2.41. The van der Waals surface area contributed by atoms with E-state index in [0.717, 1.165) is 55.5 Å². The zero-order valence-corrected chi connectivity index (χ0v) is 21.4. The number of hydrogen-bond acceptors (Lipinski definition) is 8. The molecule has 190 valence electrons. The first kappa shape index (κ1) is 23.7. The maximum Gasteiger partial charge on any atom is 0.263 e. The Morgan fingerprint density at radius 2 is 1.78 bits per heavy atom. The Labute approximate surface area is 216 Å². The molecule has 0 bridgehead atoms. The van der Waals surface area contributed by atoms with Crippen molar-refractivity contribution in [1.29, 1.82) is 0 Å². The number of pyridine rings is 2. The fourth-order valence-corrected chi connectivity index (χ4v) is 5.99. The van der Waals surface area contributed by atoms with Crippen molar-refractivity contribution in [3.63, 3.8) is 0 Å². The molecule has 0 atom stereocenters. The van der Waals surface area contributed by atoms with Gasteiger partial charge in [-0.2, -0.15) is 0 Å². The average molecular weight is 516 g/mol. The summed E-state index contributed by atoms with van der Waals surface area (Å²) in [5.41, 5.74) is 2.69. The first-order chi connectivity index (χ1) is 18.0. The molecule has 1 aliphatic heterocycles. The van der Waals surface area contributed by atoms with Gasteiger partial charge in [-0.25, -0.2) is 23.4 Å². The first-order valence-electron chi connectivity index (χ1n) is 12.6. The molecular weight excluding hydrogens is 486 g/mol. The van der Waals surface area contributed by atoms with Gasteiger partial charge in [-0.3, -0.25) is 9.71 Å². The molecule has 4 aromatic rings. The third-order valence-electron chi connectivity index (χ3n) is 7.14. The smallest absolute Gasteiger partial charge is 0.263 e. The molecule has 1 aliphatic carbocycles. The molecule has 4 heterocycles. The van der Waals surface area contributed by atoms with Crippen molar-refractivity contribution in [3.8, 4) is 11.4 Å². The standard InChI is InChI=1S/C27H29N7O2S/c1-34(20-10-12-28-13-11-20)27-25-22(18-7-8-18)16-29-17-23(25)31-26(32-27)19-9-14-30-24(15-19)33-37(35,36)21-5-3-2-4-6-21/h2-6,9,14-18,20,28H,7-8,10-13H2,1H3,(H,30,33). The number of benzene rings is 1. The molecule has 1 saturated heterocycles. The Morgan fingerprint density at radius 1 is 1.00 bits per heavy atom. The molecular formula is C27H29N7O2S. The highest BCUT2D eigenvalue weighted by atomic mass is 32.2. The van der Waals surface area contributed by atoms with Gasteiger partial charge in [0.1, 0.15) is 11.6 Å². The van der Waals surface area contributed by atoms with Crippen LogP contribution >= 0.6 is 0 Å². The SMILES string of the molecule is CN(c1nc(-c2ccnc(NS(=O)(=O)c3ccccc3)c2)nc2cncc(C3CC3)c12)C1CCNCC1. The predicted molar refractivity (Wildman–Crippen MR) is 144 cm³/mol. The molecule has 0 spiro atoms. The van der Waals surface area contributed by atoms with E-state index in [-0.39, 0.29) is 10.7 Å². The normalized spacial score (nSPS) is 16.6. The van der Waals surface area contributed by atoms with Crippen LogP contribution in [0.1, 0.15) is 37.2 Å². The number of fused-ring (bicyclic) bond motifs is 1. The van der Waals surface area contributed by atoms with Crippen LogP contribution in [-0.2, 0) is 10.0 Å². The predicted octanol–water partition coefficient (Wildman–Crippen LogP) is 3.95. The van der Waals surface area contributed by atoms with E-state index in [9.17, 15) is 8.42 Å². The topological polar surface area (TPSA) is 113 Å². The number of anilines is 2. The Hall–Kier alpha value is -3.63. The van der Waals surface area contributed by atoms with Gasteiger partial charge in [0.15, 0.2) is 5.82 Å². The summed E-state index contributed by atoms with van der Waals surface area (Å²) in [4.78, 5) is 21.2. The van der Waals surface area contributed by atoms with E-state index in [1.54, 1.807) is 54.9 Å². The third kappa shape index (κ3) is 4.86. The molecule has 0 unspecified atom stereocenters. The van der Waals surface area contributed by atoms with Crippen LogP contribution in [0.15, 0.2) is 66.0 Å². The van der Waals surface area contributed by atoms with Crippen molar-refractivity contribution in [1.82, 2.24) is 25.3 Å². The Morgan fingerprint density at radius 3 is 2.54 bits per heavy atom. The highest BCUT2D eigenvalue weighted by molar-refractivity contribution is 7.92. The summed E-state index contributed by atoms with van der Waals surface area (Å²) in [6.07, 6.45) is 9.74. The van der Waals surface area contributed by atoms with E-state index in [1.165, 1.54) is 5.56 Å². The molecule has 9 nitrogen and oxygen atoms in total. The van der Waals surface area contributed by atoms with Crippen LogP contribution in [0, 0.1) is 0 Å². The molecule has 2 N–H and O–H groups in total. The minimum atomic E-state index is -3.77. The molecule has 1 saturated carbocycles. The van der Waals surface area contributed by atoms with Gasteiger partial charge in [0.25, 0.3) is 10.0 Å². The van der Waals surface area contributed by atoms with Crippen molar-refractivity contribution in [3.05, 3.63) is 66.6 Å². The first-order valence-corrected chi connectivity index (χ1v) is 14.1. The largest absolute Gasteiger partial charge is 0.356 e. The number of nitrogens with one attached hydrogen (secondary N) is 2. The van der Waals surface area contributed by atoms with Gasteiger partial charge < -0.3 is 10.2 Å². The van der Waals surface area contributed by atoms with Crippen LogP contribution in [0.5, 0.6) is 0 Å². The highest BCUT2D eigenvalue weighted by Crippen LogP contribution is 2.45. The lowest BCUT2D eigenvalue weighted by atomic mass is 10.0. The van der Waals surface area contributed by atoms with E-state index in [4.69, 9.17) is 9.97 Å². The zero-order chi connectivity index (χ0) is 25.4. The van der Waals surface area contributed by atoms with E-state index in [1.807, 2.05) is 6.20 Å². The van der Waals surface area contributed by atoms with E-state index >= 15 is 0 Å². The lowest BCUT2D eigenvalue weighted by molar-refractivity contribution is 0.442. The van der Waals surface area contributed by atoms with E-state index < -0.39 is 10.0 Å². The molecule has 0 amide bonds. The van der Waals surface area contributed by atoms with Crippen molar-refractivity contribution < 1.29 is 8.42 Å². The van der Waals surface area contributed by atoms with Crippen LogP contribution in [0.2, 0.25) is 0 Å². The molecule has 3 aromatic heterocycles. The fourth-order valence-electron chi connectivity index (χ4n) is 4.97. The lowest BCUT2D eigenvalue weighted by Gasteiger charge is -2.33. The third-order valence-corrected chi connectivity index (χ3v) is 8.51. The van der Waals surface area contributed by atoms with E-state index in [2.05, 4.69) is 32.0 Å². The quantitative estimate of drug-likeness (QED) is 0.380. The number of rotatable bonds is 7. The molecule has 6 rings (SSSR count). The monoisotopic (exact) mass is 515 g/mol. The highest BCUT2D eigenvalue weighted by Gasteiger charge is 2.30. The second kappa shape index (κ2) is 9.68. The van der Waals surface area contributed by atoms with Gasteiger partial charge in [-0.1, -0.05) is 18.2 Å². The minimum Gasteiger partial charge on any atom is -0.356 e. The summed E-state index contributed by atoms with van der Waals surface area (Å²) in [5.74, 6) is 2.13. The van der Waals surface area contributed by atoms with Crippen molar-refractivity contribution in [2.45, 2.75) is 42.5 Å². The summed E-state index contributed by atoms with van der Waals surface area (Å²) < 4.78 is 28.3. The molecule has 37 heavy (non-hydrogen) atoms. The Balaban J connectivity index is 1.42. The maximum absolute atomic E-state index is 12.8. The summed E-state index contributed by atoms with van der Waals surface area (Å²) in [6.45, 7) is 1.97. The van der Waals surface area contributed by atoms with Gasteiger partial charge in [0.2, 0.25) is 0 Å². The fraction of sp³-hybridized carbons (Fsp3) is 0.333. The Kier molecular flexibility index (Phi) is 6.21. The van der Waals surface area contributed by atoms with Crippen LogP contribution in [0.4, 0.5) is 11.6 Å². The zero-order valence-electron chi connectivity index (χ0n) is 20.6. The molecule has 0 radical (unpaired) electrons.